The van der Waals surface area contributed by atoms with Crippen LogP contribution in [0.15, 0.2) is 60.2 Å². The number of carbonyl (C=O) groups is 1. The Kier molecular flexibility index (Phi) is 6.26. The van der Waals surface area contributed by atoms with Gasteiger partial charge in [-0.15, -0.1) is 11.3 Å². The topological polar surface area (TPSA) is 71.8 Å². The number of anilines is 1. The van der Waals surface area contributed by atoms with Gasteiger partial charge in [-0.3, -0.25) is 4.79 Å². The molecular weight excluding hydrogens is 434 g/mol. The summed E-state index contributed by atoms with van der Waals surface area (Å²) in [7, 11) is 0. The predicted octanol–water partition coefficient (Wildman–Crippen LogP) is 4.39. The Morgan fingerprint density at radius 2 is 2.03 bits per heavy atom. The van der Waals surface area contributed by atoms with E-state index in [4.69, 9.17) is 9.84 Å². The summed E-state index contributed by atoms with van der Waals surface area (Å²) in [5, 5.41) is 9.87. The molecule has 1 saturated heterocycles. The zero-order valence-corrected chi connectivity index (χ0v) is 19.4. The third kappa shape index (κ3) is 4.71. The second-order valence-electron chi connectivity index (χ2n) is 8.13. The summed E-state index contributed by atoms with van der Waals surface area (Å²) >= 11 is 1.67. The van der Waals surface area contributed by atoms with Crippen LogP contribution in [-0.2, 0) is 11.3 Å². The van der Waals surface area contributed by atoms with Gasteiger partial charge in [0.1, 0.15) is 11.3 Å². The van der Waals surface area contributed by atoms with Crippen LogP contribution in [-0.4, -0.2) is 40.2 Å². The van der Waals surface area contributed by atoms with Gasteiger partial charge in [0.15, 0.2) is 5.82 Å². The van der Waals surface area contributed by atoms with E-state index in [1.807, 2.05) is 59.4 Å². The number of carbonyl (C=O) groups excluding carboxylic acids is 1. The lowest BCUT2D eigenvalue weighted by atomic mass is 9.96. The number of piperidine rings is 1. The molecule has 8 heteroatoms. The molecule has 4 aromatic rings. The molecule has 0 aliphatic carbocycles. The van der Waals surface area contributed by atoms with E-state index >= 15 is 0 Å². The maximum Gasteiger partial charge on any atom is 0.223 e. The smallest absolute Gasteiger partial charge is 0.223 e. The molecule has 1 aromatic carbocycles. The number of thiophene rings is 1. The van der Waals surface area contributed by atoms with E-state index in [9.17, 15) is 4.79 Å². The summed E-state index contributed by atoms with van der Waals surface area (Å²) < 4.78 is 7.43. The molecule has 0 unspecified atom stereocenters. The molecule has 3 aromatic heterocycles. The monoisotopic (exact) mass is 461 g/mol. The van der Waals surface area contributed by atoms with E-state index in [0.29, 0.717) is 13.2 Å². The summed E-state index contributed by atoms with van der Waals surface area (Å²) in [6.45, 7) is 4.84. The van der Waals surface area contributed by atoms with Crippen LogP contribution in [0.5, 0.6) is 5.75 Å². The molecule has 33 heavy (non-hydrogen) atoms. The number of hydrogen-bond acceptors (Lipinski definition) is 6. The molecular formula is C25H27N5O2S. The highest BCUT2D eigenvalue weighted by Gasteiger charge is 2.26. The standard InChI is InChI=1S/C25H27N5O2S/c1-2-32-20-7-5-18(6-8-20)22-16-23-24(26-11-14-30(23)28-22)29-12-9-19(10-13-29)25(31)27-17-21-4-3-15-33-21/h3-8,11,14-16,19H,2,9-10,12-13,17H2,1H3,(H,27,31). The van der Waals surface area contributed by atoms with E-state index in [0.717, 1.165) is 54.3 Å². The number of benzene rings is 1. The van der Waals surface area contributed by atoms with Crippen LogP contribution < -0.4 is 15.0 Å². The quantitative estimate of drug-likeness (QED) is 0.442. The van der Waals surface area contributed by atoms with Gasteiger partial charge in [0, 0.05) is 41.8 Å². The van der Waals surface area contributed by atoms with E-state index < -0.39 is 0 Å². The van der Waals surface area contributed by atoms with Crippen LogP contribution in [0.2, 0.25) is 0 Å². The average Bonchev–Trinajstić information content (AvgIpc) is 3.53. The van der Waals surface area contributed by atoms with Gasteiger partial charge in [0.25, 0.3) is 0 Å². The van der Waals surface area contributed by atoms with Gasteiger partial charge in [-0.2, -0.15) is 5.10 Å². The molecule has 1 fully saturated rings. The van der Waals surface area contributed by atoms with Crippen molar-refractivity contribution in [1.29, 1.82) is 0 Å². The van der Waals surface area contributed by atoms with Gasteiger partial charge in [-0.05, 0) is 61.5 Å². The Labute approximate surface area is 197 Å². The molecule has 1 aliphatic heterocycles. The summed E-state index contributed by atoms with van der Waals surface area (Å²) in [6, 6.07) is 14.1. The molecule has 1 N–H and O–H groups in total. The Bertz CT molecular complexity index is 1210. The Hall–Kier alpha value is -3.39. The molecule has 0 atom stereocenters. The summed E-state index contributed by atoms with van der Waals surface area (Å²) in [4.78, 5) is 20.7. The summed E-state index contributed by atoms with van der Waals surface area (Å²) in [6.07, 6.45) is 5.30. The maximum absolute atomic E-state index is 12.6. The highest BCUT2D eigenvalue weighted by Crippen LogP contribution is 2.29. The number of rotatable bonds is 7. The third-order valence-electron chi connectivity index (χ3n) is 6.01. The highest BCUT2D eigenvalue weighted by molar-refractivity contribution is 7.09. The largest absolute Gasteiger partial charge is 0.494 e. The van der Waals surface area contributed by atoms with E-state index in [1.165, 1.54) is 4.88 Å². The number of nitrogens with one attached hydrogen (secondary N) is 1. The minimum absolute atomic E-state index is 0.0465. The fourth-order valence-electron chi connectivity index (χ4n) is 4.27. The first-order valence-electron chi connectivity index (χ1n) is 11.3. The molecule has 0 spiro atoms. The first-order chi connectivity index (χ1) is 16.2. The second-order valence-corrected chi connectivity index (χ2v) is 9.16. The van der Waals surface area contributed by atoms with Crippen LogP contribution in [0, 0.1) is 5.92 Å². The Balaban J connectivity index is 1.27. The highest BCUT2D eigenvalue weighted by atomic mass is 32.1. The SMILES string of the molecule is CCOc1ccc(-c2cc3c(N4CCC(C(=O)NCc5cccs5)CC4)nccn3n2)cc1. The zero-order valence-electron chi connectivity index (χ0n) is 18.6. The molecule has 4 heterocycles. The summed E-state index contributed by atoms with van der Waals surface area (Å²) in [5.74, 6) is 1.97. The predicted molar refractivity (Wildman–Crippen MR) is 131 cm³/mol. The number of ether oxygens (including phenoxy) is 1. The fourth-order valence-corrected chi connectivity index (χ4v) is 4.91. The minimum Gasteiger partial charge on any atom is -0.494 e. The molecule has 5 rings (SSSR count). The van der Waals surface area contributed by atoms with Gasteiger partial charge in [0.05, 0.1) is 18.8 Å². The molecule has 1 aliphatic rings. The van der Waals surface area contributed by atoms with Crippen molar-refractivity contribution in [2.75, 3.05) is 24.6 Å². The van der Waals surface area contributed by atoms with Crippen molar-refractivity contribution >= 4 is 28.6 Å². The molecule has 7 nitrogen and oxygen atoms in total. The zero-order chi connectivity index (χ0) is 22.6. The second kappa shape index (κ2) is 9.62. The summed E-state index contributed by atoms with van der Waals surface area (Å²) in [5.41, 5.74) is 2.91. The van der Waals surface area contributed by atoms with Crippen molar-refractivity contribution in [3.05, 3.63) is 65.1 Å². The van der Waals surface area contributed by atoms with Gasteiger partial charge < -0.3 is 15.0 Å². The lowest BCUT2D eigenvalue weighted by Crippen LogP contribution is -2.40. The molecule has 170 valence electrons. The first kappa shape index (κ1) is 21.5. The lowest BCUT2D eigenvalue weighted by molar-refractivity contribution is -0.125. The Morgan fingerprint density at radius 3 is 2.76 bits per heavy atom. The van der Waals surface area contributed by atoms with Crippen LogP contribution in [0.4, 0.5) is 5.82 Å². The average molecular weight is 462 g/mol. The van der Waals surface area contributed by atoms with Crippen LogP contribution in [0.25, 0.3) is 16.8 Å². The number of hydrogen-bond donors (Lipinski definition) is 1. The fraction of sp³-hybridized carbons (Fsp3) is 0.320. The first-order valence-corrected chi connectivity index (χ1v) is 12.2. The minimum atomic E-state index is 0.0465. The van der Waals surface area contributed by atoms with Crippen LogP contribution in [0.3, 0.4) is 0 Å². The van der Waals surface area contributed by atoms with Gasteiger partial charge in [-0.25, -0.2) is 9.50 Å². The van der Waals surface area contributed by atoms with Crippen molar-refractivity contribution in [3.8, 4) is 17.0 Å². The van der Waals surface area contributed by atoms with Crippen LogP contribution in [0.1, 0.15) is 24.6 Å². The van der Waals surface area contributed by atoms with Crippen molar-refractivity contribution in [3.63, 3.8) is 0 Å². The number of fused-ring (bicyclic) bond motifs is 1. The van der Waals surface area contributed by atoms with Gasteiger partial charge in [0.2, 0.25) is 5.91 Å². The van der Waals surface area contributed by atoms with E-state index in [1.54, 1.807) is 17.5 Å². The van der Waals surface area contributed by atoms with Crippen molar-refractivity contribution in [2.45, 2.75) is 26.3 Å². The number of aromatic nitrogens is 3. The molecule has 0 bridgehead atoms. The van der Waals surface area contributed by atoms with Gasteiger partial charge >= 0.3 is 0 Å². The maximum atomic E-state index is 12.6. The van der Waals surface area contributed by atoms with Crippen LogP contribution >= 0.6 is 11.3 Å². The van der Waals surface area contributed by atoms with Crippen molar-refractivity contribution < 1.29 is 9.53 Å². The number of nitrogens with zero attached hydrogens (tertiary/aromatic N) is 4. The van der Waals surface area contributed by atoms with E-state index in [2.05, 4.69) is 21.3 Å². The van der Waals surface area contributed by atoms with Crippen molar-refractivity contribution in [2.24, 2.45) is 5.92 Å². The van der Waals surface area contributed by atoms with Crippen molar-refractivity contribution in [1.82, 2.24) is 19.9 Å². The third-order valence-corrected chi connectivity index (χ3v) is 6.89. The molecule has 1 amide bonds. The molecule has 0 saturated carbocycles. The van der Waals surface area contributed by atoms with E-state index in [-0.39, 0.29) is 11.8 Å². The Morgan fingerprint density at radius 1 is 1.21 bits per heavy atom. The molecule has 0 radical (unpaired) electrons. The lowest BCUT2D eigenvalue weighted by Gasteiger charge is -2.32. The number of amides is 1. The normalized spacial score (nSPS) is 14.5. The van der Waals surface area contributed by atoms with Gasteiger partial charge in [-0.1, -0.05) is 6.07 Å².